The van der Waals surface area contributed by atoms with Crippen molar-refractivity contribution >= 4 is 0 Å². The lowest BCUT2D eigenvalue weighted by Gasteiger charge is -2.02. The van der Waals surface area contributed by atoms with Crippen molar-refractivity contribution in [3.05, 3.63) is 36.2 Å². The number of aromatic hydroxyl groups is 1. The number of hydrogen-bond acceptors (Lipinski definition) is 1. The van der Waals surface area contributed by atoms with Crippen molar-refractivity contribution in [3.63, 3.8) is 0 Å². The minimum Gasteiger partial charge on any atom is -0.508 e. The summed E-state index contributed by atoms with van der Waals surface area (Å²) in [5.74, 6) is 0.388. The highest BCUT2D eigenvalue weighted by molar-refractivity contribution is 5.35. The molecule has 0 spiro atoms. The van der Waals surface area contributed by atoms with Crippen LogP contribution < -0.4 is 0 Å². The van der Waals surface area contributed by atoms with Gasteiger partial charge in [0, 0.05) is 0 Å². The fraction of sp³-hybridized carbons (Fsp3) is 0.300. The second-order valence-electron chi connectivity index (χ2n) is 2.74. The second-order valence-corrected chi connectivity index (χ2v) is 2.74. The van der Waals surface area contributed by atoms with E-state index in [2.05, 4.69) is 6.92 Å². The molecule has 1 radical (unpaired) electrons. The highest BCUT2D eigenvalue weighted by Gasteiger charge is 1.98. The van der Waals surface area contributed by atoms with Crippen LogP contribution in [-0.4, -0.2) is 5.11 Å². The first-order valence-corrected chi connectivity index (χ1v) is 3.82. The van der Waals surface area contributed by atoms with E-state index in [-0.39, 0.29) is 0 Å². The van der Waals surface area contributed by atoms with Crippen LogP contribution in [0.2, 0.25) is 0 Å². The third-order valence-electron chi connectivity index (χ3n) is 1.68. The molecule has 1 N–H and O–H groups in total. The van der Waals surface area contributed by atoms with E-state index in [1.807, 2.05) is 19.1 Å². The topological polar surface area (TPSA) is 20.2 Å². The van der Waals surface area contributed by atoms with Crippen LogP contribution in [0, 0.1) is 13.8 Å². The van der Waals surface area contributed by atoms with Crippen LogP contribution in [0.1, 0.15) is 17.5 Å². The van der Waals surface area contributed by atoms with Gasteiger partial charge in [-0.2, -0.15) is 0 Å². The molecule has 1 aromatic rings. The van der Waals surface area contributed by atoms with Gasteiger partial charge in [0.1, 0.15) is 5.75 Å². The fourth-order valence-electron chi connectivity index (χ4n) is 1.10. The Morgan fingerprint density at radius 1 is 1.45 bits per heavy atom. The molecule has 1 rings (SSSR count). The van der Waals surface area contributed by atoms with Crippen molar-refractivity contribution < 1.29 is 5.11 Å². The third kappa shape index (κ3) is 1.97. The number of phenols is 1. The zero-order chi connectivity index (χ0) is 8.27. The first-order valence-electron chi connectivity index (χ1n) is 3.82. The van der Waals surface area contributed by atoms with Crippen molar-refractivity contribution in [3.8, 4) is 5.75 Å². The lowest BCUT2D eigenvalue weighted by Crippen LogP contribution is -1.85. The summed E-state index contributed by atoms with van der Waals surface area (Å²) in [5, 5.41) is 9.34. The van der Waals surface area contributed by atoms with Gasteiger partial charge >= 0.3 is 0 Å². The Morgan fingerprint density at radius 3 is 2.82 bits per heavy atom. The Bertz CT molecular complexity index is 241. The van der Waals surface area contributed by atoms with E-state index in [0.717, 1.165) is 18.4 Å². The van der Waals surface area contributed by atoms with Crippen molar-refractivity contribution in [2.24, 2.45) is 0 Å². The van der Waals surface area contributed by atoms with Crippen LogP contribution in [0.15, 0.2) is 18.2 Å². The average Bonchev–Trinajstić information content (AvgIpc) is 1.98. The molecule has 11 heavy (non-hydrogen) atoms. The molecule has 59 valence electrons. The number of hydrogen-bond donors (Lipinski definition) is 1. The van der Waals surface area contributed by atoms with Crippen LogP contribution in [0.3, 0.4) is 0 Å². The van der Waals surface area contributed by atoms with Crippen molar-refractivity contribution in [1.82, 2.24) is 0 Å². The van der Waals surface area contributed by atoms with Gasteiger partial charge in [-0.05, 0) is 31.4 Å². The monoisotopic (exact) mass is 149 g/mol. The standard InChI is InChI=1S/C10H13O/c1-3-4-9-7-8(2)5-6-10(9)11/h5-7,11H,1,3-4H2,2H3. The van der Waals surface area contributed by atoms with Gasteiger partial charge in [0.05, 0.1) is 0 Å². The largest absolute Gasteiger partial charge is 0.508 e. The van der Waals surface area contributed by atoms with E-state index < -0.39 is 0 Å². The Labute approximate surface area is 67.7 Å². The molecule has 0 atom stereocenters. The zero-order valence-corrected chi connectivity index (χ0v) is 6.80. The minimum absolute atomic E-state index is 0.388. The van der Waals surface area contributed by atoms with E-state index in [1.165, 1.54) is 5.56 Å². The van der Waals surface area contributed by atoms with E-state index in [4.69, 9.17) is 0 Å². The summed E-state index contributed by atoms with van der Waals surface area (Å²) < 4.78 is 0. The highest BCUT2D eigenvalue weighted by atomic mass is 16.3. The van der Waals surface area contributed by atoms with E-state index in [0.29, 0.717) is 5.75 Å². The van der Waals surface area contributed by atoms with Crippen LogP contribution >= 0.6 is 0 Å². The first-order chi connectivity index (χ1) is 5.24. The molecule has 0 fully saturated rings. The van der Waals surface area contributed by atoms with Crippen LogP contribution in [0.5, 0.6) is 5.75 Å². The molecule has 0 saturated heterocycles. The van der Waals surface area contributed by atoms with Gasteiger partial charge in [0.2, 0.25) is 0 Å². The molecule has 0 saturated carbocycles. The number of benzene rings is 1. The Kier molecular flexibility index (Phi) is 2.53. The van der Waals surface area contributed by atoms with Crippen molar-refractivity contribution in [2.75, 3.05) is 0 Å². The lowest BCUT2D eigenvalue weighted by atomic mass is 10.1. The number of aryl methyl sites for hydroxylation is 2. The molecule has 1 nitrogen and oxygen atoms in total. The van der Waals surface area contributed by atoms with E-state index in [9.17, 15) is 5.11 Å². The van der Waals surface area contributed by atoms with Gasteiger partial charge in [-0.1, -0.05) is 24.6 Å². The van der Waals surface area contributed by atoms with E-state index in [1.54, 1.807) is 6.07 Å². The summed E-state index contributed by atoms with van der Waals surface area (Å²) >= 11 is 0. The van der Waals surface area contributed by atoms with Gasteiger partial charge < -0.3 is 5.11 Å². The quantitative estimate of drug-likeness (QED) is 0.684. The van der Waals surface area contributed by atoms with Gasteiger partial charge in [0.15, 0.2) is 0 Å². The van der Waals surface area contributed by atoms with Gasteiger partial charge in [-0.25, -0.2) is 0 Å². The molecular weight excluding hydrogens is 136 g/mol. The molecule has 1 aromatic carbocycles. The van der Waals surface area contributed by atoms with E-state index >= 15 is 0 Å². The predicted octanol–water partition coefficient (Wildman–Crippen LogP) is 2.47. The predicted molar refractivity (Wildman–Crippen MR) is 46.5 cm³/mol. The van der Waals surface area contributed by atoms with Crippen molar-refractivity contribution in [2.45, 2.75) is 19.8 Å². The summed E-state index contributed by atoms with van der Waals surface area (Å²) in [5.41, 5.74) is 2.19. The first kappa shape index (κ1) is 8.12. The molecular formula is C10H13O. The molecule has 0 aliphatic carbocycles. The number of rotatable bonds is 2. The fourth-order valence-corrected chi connectivity index (χ4v) is 1.10. The summed E-state index contributed by atoms with van der Waals surface area (Å²) in [7, 11) is 0. The minimum atomic E-state index is 0.388. The Balaban J connectivity index is 2.93. The lowest BCUT2D eigenvalue weighted by molar-refractivity contribution is 0.468. The summed E-state index contributed by atoms with van der Waals surface area (Å²) in [6, 6.07) is 5.64. The molecule has 0 unspecified atom stereocenters. The maximum absolute atomic E-state index is 9.34. The molecule has 0 heterocycles. The summed E-state index contributed by atoms with van der Waals surface area (Å²) in [6.45, 7) is 5.76. The Morgan fingerprint density at radius 2 is 2.18 bits per heavy atom. The van der Waals surface area contributed by atoms with Crippen LogP contribution in [-0.2, 0) is 6.42 Å². The highest BCUT2D eigenvalue weighted by Crippen LogP contribution is 2.19. The van der Waals surface area contributed by atoms with Gasteiger partial charge in [-0.15, -0.1) is 0 Å². The molecule has 0 aliphatic heterocycles. The second kappa shape index (κ2) is 3.42. The average molecular weight is 149 g/mol. The number of phenolic OH excluding ortho intramolecular Hbond substituents is 1. The summed E-state index contributed by atoms with van der Waals surface area (Å²) in [6.07, 6.45) is 1.69. The maximum atomic E-state index is 9.34. The third-order valence-corrected chi connectivity index (χ3v) is 1.68. The molecule has 0 aromatic heterocycles. The normalized spacial score (nSPS) is 10.0. The Hall–Kier alpha value is -0.980. The molecule has 0 aliphatic rings. The van der Waals surface area contributed by atoms with Gasteiger partial charge in [0.25, 0.3) is 0 Å². The molecule has 0 bridgehead atoms. The van der Waals surface area contributed by atoms with Crippen LogP contribution in [0.25, 0.3) is 0 Å². The smallest absolute Gasteiger partial charge is 0.118 e. The molecule has 1 heteroatoms. The van der Waals surface area contributed by atoms with Gasteiger partial charge in [-0.3, -0.25) is 0 Å². The van der Waals surface area contributed by atoms with Crippen molar-refractivity contribution in [1.29, 1.82) is 0 Å². The van der Waals surface area contributed by atoms with Crippen LogP contribution in [0.4, 0.5) is 0 Å². The zero-order valence-electron chi connectivity index (χ0n) is 6.80. The SMILES string of the molecule is [CH2]CCc1cc(C)ccc1O. The maximum Gasteiger partial charge on any atom is 0.118 e. The molecule has 0 amide bonds. The summed E-state index contributed by atoms with van der Waals surface area (Å²) in [4.78, 5) is 0.